The van der Waals surface area contributed by atoms with Crippen LogP contribution in [0.2, 0.25) is 0 Å². The van der Waals surface area contributed by atoms with Gasteiger partial charge in [0.05, 0.1) is 58.0 Å². The van der Waals surface area contributed by atoms with Crippen LogP contribution in [0.15, 0.2) is 0 Å². The third-order valence-electron chi connectivity index (χ3n) is 8.26. The maximum Gasteiger partial charge on any atom is 0.0773 e. The number of aliphatic hydroxyl groups is 3. The van der Waals surface area contributed by atoms with Crippen molar-refractivity contribution in [2.75, 3.05) is 59.3 Å². The Morgan fingerprint density at radius 3 is 0.930 bits per heavy atom. The molecule has 0 aromatic rings. The Bertz CT molecular complexity index is 455. The molecule has 0 aliphatic rings. The van der Waals surface area contributed by atoms with Crippen LogP contribution in [0.4, 0.5) is 0 Å². The zero-order chi connectivity index (χ0) is 31.6. The van der Waals surface area contributed by atoms with Crippen LogP contribution in [-0.4, -0.2) is 97.8 Å². The highest BCUT2D eigenvalue weighted by Crippen LogP contribution is 2.11. The number of rotatable bonds is 36. The lowest BCUT2D eigenvalue weighted by Gasteiger charge is -2.23. The maximum absolute atomic E-state index is 10.3. The van der Waals surface area contributed by atoms with Gasteiger partial charge in [-0.15, -0.1) is 0 Å². The van der Waals surface area contributed by atoms with Crippen molar-refractivity contribution < 1.29 is 29.5 Å². The molecule has 3 unspecified atom stereocenters. The van der Waals surface area contributed by atoms with Crippen LogP contribution in [-0.2, 0) is 14.2 Å². The van der Waals surface area contributed by atoms with Gasteiger partial charge >= 0.3 is 0 Å². The van der Waals surface area contributed by atoms with Crippen LogP contribution < -0.4 is 0 Å². The third-order valence-corrected chi connectivity index (χ3v) is 8.26. The Balaban J connectivity index is 4.23. The van der Waals surface area contributed by atoms with Crippen LogP contribution >= 0.6 is 0 Å². The molecule has 0 radical (unpaired) electrons. The van der Waals surface area contributed by atoms with Crippen molar-refractivity contribution in [3.8, 4) is 0 Å². The second-order valence-electron chi connectivity index (χ2n) is 12.7. The first-order valence-electron chi connectivity index (χ1n) is 18.5. The van der Waals surface area contributed by atoms with Crippen molar-refractivity contribution in [1.82, 2.24) is 4.90 Å². The minimum absolute atomic E-state index is 0.380. The smallest absolute Gasteiger partial charge is 0.0773 e. The number of unbranched alkanes of at least 4 members (excludes halogenated alkanes) is 15. The van der Waals surface area contributed by atoms with Gasteiger partial charge in [0.15, 0.2) is 0 Å². The number of nitrogens with zero attached hydrogens (tertiary/aromatic N) is 1. The number of hydrogen-bond donors (Lipinski definition) is 3. The monoisotopic (exact) mass is 618 g/mol. The fourth-order valence-electron chi connectivity index (χ4n) is 5.31. The second kappa shape index (κ2) is 34.6. The topological polar surface area (TPSA) is 91.6 Å². The highest BCUT2D eigenvalue weighted by Gasteiger charge is 2.10. The first-order valence-corrected chi connectivity index (χ1v) is 18.5. The molecule has 3 atom stereocenters. The Kier molecular flexibility index (Phi) is 34.4. The van der Waals surface area contributed by atoms with Crippen molar-refractivity contribution in [3.05, 3.63) is 0 Å². The Hall–Kier alpha value is -0.280. The quantitative estimate of drug-likeness (QED) is 0.0622. The fourth-order valence-corrected chi connectivity index (χ4v) is 5.31. The van der Waals surface area contributed by atoms with Crippen molar-refractivity contribution in [2.24, 2.45) is 0 Å². The molecule has 0 aromatic heterocycles. The SMILES string of the molecule is CCCCCCCCC(O)COCCN(CCOCC(O)CCCCCCCC)CCOCC(O)CCCCCCCC. The zero-order valence-corrected chi connectivity index (χ0v) is 29.0. The molecule has 260 valence electrons. The van der Waals surface area contributed by atoms with Gasteiger partial charge in [-0.05, 0) is 19.3 Å². The lowest BCUT2D eigenvalue weighted by molar-refractivity contribution is -0.00508. The summed E-state index contributed by atoms with van der Waals surface area (Å²) >= 11 is 0. The molecule has 43 heavy (non-hydrogen) atoms. The van der Waals surface area contributed by atoms with E-state index in [2.05, 4.69) is 25.7 Å². The van der Waals surface area contributed by atoms with Gasteiger partial charge in [-0.1, -0.05) is 136 Å². The van der Waals surface area contributed by atoms with E-state index in [1.165, 1.54) is 96.3 Å². The summed E-state index contributed by atoms with van der Waals surface area (Å²) in [6, 6.07) is 0. The predicted octanol–water partition coefficient (Wildman–Crippen LogP) is 7.67. The summed E-state index contributed by atoms with van der Waals surface area (Å²) in [4.78, 5) is 2.25. The summed E-state index contributed by atoms with van der Waals surface area (Å²) in [5.41, 5.74) is 0. The largest absolute Gasteiger partial charge is 0.391 e. The lowest BCUT2D eigenvalue weighted by Crippen LogP contribution is -2.35. The molecule has 0 bridgehead atoms. The highest BCUT2D eigenvalue weighted by atomic mass is 16.5. The van der Waals surface area contributed by atoms with Crippen LogP contribution in [0.1, 0.15) is 156 Å². The highest BCUT2D eigenvalue weighted by molar-refractivity contribution is 4.62. The Morgan fingerprint density at radius 1 is 0.395 bits per heavy atom. The van der Waals surface area contributed by atoms with Gasteiger partial charge < -0.3 is 29.5 Å². The fraction of sp³-hybridized carbons (Fsp3) is 1.00. The van der Waals surface area contributed by atoms with Crippen LogP contribution in [0.3, 0.4) is 0 Å². The Labute approximate surface area is 267 Å². The lowest BCUT2D eigenvalue weighted by atomic mass is 10.1. The minimum atomic E-state index is -0.396. The molecule has 0 spiro atoms. The summed E-state index contributed by atoms with van der Waals surface area (Å²) in [5.74, 6) is 0. The van der Waals surface area contributed by atoms with Crippen LogP contribution in [0.5, 0.6) is 0 Å². The van der Waals surface area contributed by atoms with Gasteiger partial charge in [-0.3, -0.25) is 4.90 Å². The minimum Gasteiger partial charge on any atom is -0.391 e. The molecule has 0 amide bonds. The van der Waals surface area contributed by atoms with Crippen molar-refractivity contribution >= 4 is 0 Å². The molecule has 3 N–H and O–H groups in total. The first kappa shape index (κ1) is 42.7. The average Bonchev–Trinajstić information content (AvgIpc) is 3.00. The van der Waals surface area contributed by atoms with Crippen molar-refractivity contribution in [3.63, 3.8) is 0 Å². The van der Waals surface area contributed by atoms with Crippen molar-refractivity contribution in [2.45, 2.75) is 174 Å². The summed E-state index contributed by atoms with van der Waals surface area (Å²) in [6.45, 7) is 11.7. The maximum atomic E-state index is 10.3. The van der Waals surface area contributed by atoms with Crippen LogP contribution in [0, 0.1) is 0 Å². The van der Waals surface area contributed by atoms with Crippen LogP contribution in [0.25, 0.3) is 0 Å². The van der Waals surface area contributed by atoms with E-state index >= 15 is 0 Å². The van der Waals surface area contributed by atoms with Gasteiger partial charge in [-0.2, -0.15) is 0 Å². The molecule has 0 saturated heterocycles. The molecular formula is C36H75NO6. The second-order valence-corrected chi connectivity index (χ2v) is 12.7. The van der Waals surface area contributed by atoms with Gasteiger partial charge in [-0.25, -0.2) is 0 Å². The predicted molar refractivity (Wildman–Crippen MR) is 181 cm³/mol. The zero-order valence-electron chi connectivity index (χ0n) is 29.0. The molecule has 0 saturated carbocycles. The molecule has 0 fully saturated rings. The third kappa shape index (κ3) is 32.9. The van der Waals surface area contributed by atoms with E-state index in [1.807, 2.05) is 0 Å². The summed E-state index contributed by atoms with van der Waals surface area (Å²) in [6.07, 6.45) is 23.3. The van der Waals surface area contributed by atoms with Gasteiger partial charge in [0.1, 0.15) is 0 Å². The number of ether oxygens (including phenoxy) is 3. The average molecular weight is 618 g/mol. The molecule has 0 heterocycles. The molecule has 7 heteroatoms. The number of aliphatic hydroxyl groups excluding tert-OH is 3. The van der Waals surface area contributed by atoms with Gasteiger partial charge in [0.2, 0.25) is 0 Å². The van der Waals surface area contributed by atoms with E-state index in [4.69, 9.17) is 14.2 Å². The molecule has 0 rings (SSSR count). The molecular weight excluding hydrogens is 542 g/mol. The molecule has 0 aromatic carbocycles. The van der Waals surface area contributed by atoms with Crippen molar-refractivity contribution in [1.29, 1.82) is 0 Å². The van der Waals surface area contributed by atoms with E-state index in [9.17, 15) is 15.3 Å². The van der Waals surface area contributed by atoms with E-state index in [0.717, 1.165) is 58.2 Å². The summed E-state index contributed by atoms with van der Waals surface area (Å²) in [5, 5.41) is 30.8. The van der Waals surface area contributed by atoms with E-state index in [0.29, 0.717) is 39.6 Å². The van der Waals surface area contributed by atoms with Gasteiger partial charge in [0, 0.05) is 19.6 Å². The first-order chi connectivity index (χ1) is 21.0. The molecule has 7 nitrogen and oxygen atoms in total. The normalized spacial score (nSPS) is 14.0. The summed E-state index contributed by atoms with van der Waals surface area (Å²) < 4.78 is 17.4. The molecule has 0 aliphatic heterocycles. The Morgan fingerprint density at radius 2 is 0.651 bits per heavy atom. The summed E-state index contributed by atoms with van der Waals surface area (Å²) in [7, 11) is 0. The number of hydrogen-bond acceptors (Lipinski definition) is 7. The molecule has 0 aliphatic carbocycles. The van der Waals surface area contributed by atoms with E-state index in [-0.39, 0.29) is 0 Å². The standard InChI is InChI=1S/C36H75NO6/c1-4-7-10-13-16-19-22-34(38)31-41-28-25-37(26-29-42-32-35(39)23-20-17-14-11-8-5-2)27-30-43-33-36(40)24-21-18-15-12-9-6-3/h34-36,38-40H,4-33H2,1-3H3. The van der Waals surface area contributed by atoms with E-state index in [1.54, 1.807) is 0 Å². The van der Waals surface area contributed by atoms with Gasteiger partial charge in [0.25, 0.3) is 0 Å². The van der Waals surface area contributed by atoms with E-state index < -0.39 is 18.3 Å².